The van der Waals surface area contributed by atoms with E-state index >= 15 is 0 Å². The van der Waals surface area contributed by atoms with Gasteiger partial charge in [-0.1, -0.05) is 60.7 Å². The Hall–Kier alpha value is -4.52. The summed E-state index contributed by atoms with van der Waals surface area (Å²) in [6.07, 6.45) is 5.10. The summed E-state index contributed by atoms with van der Waals surface area (Å²) in [5.74, 6) is 1.18. The molecule has 0 bridgehead atoms. The van der Waals surface area contributed by atoms with Gasteiger partial charge in [0, 0.05) is 18.2 Å². The van der Waals surface area contributed by atoms with Crippen molar-refractivity contribution in [1.29, 1.82) is 0 Å². The van der Waals surface area contributed by atoms with Crippen molar-refractivity contribution in [2.75, 3.05) is 5.32 Å². The number of carbonyl (C=O) groups excluding carboxylic acids is 1. The Balaban J connectivity index is 1.33. The summed E-state index contributed by atoms with van der Waals surface area (Å²) in [6, 6.07) is 25.6. The molecule has 2 N–H and O–H groups in total. The second-order valence-electron chi connectivity index (χ2n) is 8.03. The minimum absolute atomic E-state index is 0.0854. The van der Waals surface area contributed by atoms with Crippen LogP contribution in [0.25, 0.3) is 16.9 Å². The highest BCUT2D eigenvalue weighted by Gasteiger charge is 2.12. The molecule has 1 amide bonds. The van der Waals surface area contributed by atoms with Crippen molar-refractivity contribution >= 4 is 22.8 Å². The van der Waals surface area contributed by atoms with Gasteiger partial charge in [0.05, 0.1) is 23.4 Å². The first-order valence-electron chi connectivity index (χ1n) is 11.1. The number of nitrogens with zero attached hydrogens (tertiary/aromatic N) is 4. The Morgan fingerprint density at radius 1 is 0.971 bits per heavy atom. The predicted octanol–water partition coefficient (Wildman–Crippen LogP) is 4.92. The molecule has 168 valence electrons. The zero-order chi connectivity index (χ0) is 23.3. The highest BCUT2D eigenvalue weighted by molar-refractivity contribution is 5.97. The van der Waals surface area contributed by atoms with Crippen molar-refractivity contribution in [3.8, 4) is 5.82 Å². The molecule has 0 aliphatic heterocycles. The molecule has 1 atom stereocenters. The lowest BCUT2D eigenvalue weighted by atomic mass is 10.1. The molecule has 7 nitrogen and oxygen atoms in total. The summed E-state index contributed by atoms with van der Waals surface area (Å²) in [5.41, 5.74) is 4.34. The van der Waals surface area contributed by atoms with E-state index in [0.717, 1.165) is 11.1 Å². The molecule has 2 heterocycles. The fraction of sp³-hybridized carbons (Fsp3) is 0.111. The quantitative estimate of drug-likeness (QED) is 0.369. The van der Waals surface area contributed by atoms with E-state index in [1.165, 1.54) is 5.56 Å². The Kier molecular flexibility index (Phi) is 5.99. The third kappa shape index (κ3) is 4.63. The maximum Gasteiger partial charge on any atom is 0.251 e. The molecule has 2 aromatic heterocycles. The van der Waals surface area contributed by atoms with E-state index in [1.807, 2.05) is 59.2 Å². The van der Waals surface area contributed by atoms with E-state index in [4.69, 9.17) is 4.98 Å². The Morgan fingerprint density at radius 3 is 2.53 bits per heavy atom. The third-order valence-electron chi connectivity index (χ3n) is 5.64. The first-order chi connectivity index (χ1) is 16.7. The normalized spacial score (nSPS) is 11.8. The van der Waals surface area contributed by atoms with Crippen molar-refractivity contribution < 1.29 is 4.79 Å². The molecular formula is C27H24N6O. The number of imidazole rings is 1. The van der Waals surface area contributed by atoms with Gasteiger partial charge in [0.25, 0.3) is 5.91 Å². The van der Waals surface area contributed by atoms with Gasteiger partial charge in [0.2, 0.25) is 0 Å². The SMILES string of the molecule is C[C@H](Nc1cncc(-n2cnc3cc(C(=O)NCc4ccccc4)ccc32)n1)c1ccccc1. The van der Waals surface area contributed by atoms with E-state index < -0.39 is 0 Å². The smallest absolute Gasteiger partial charge is 0.251 e. The summed E-state index contributed by atoms with van der Waals surface area (Å²) in [5, 5.41) is 6.35. The topological polar surface area (TPSA) is 84.7 Å². The molecular weight excluding hydrogens is 424 g/mol. The molecule has 5 aromatic rings. The number of carbonyl (C=O) groups is 1. The van der Waals surface area contributed by atoms with Crippen LogP contribution in [0.5, 0.6) is 0 Å². The van der Waals surface area contributed by atoms with Crippen LogP contribution >= 0.6 is 0 Å². The van der Waals surface area contributed by atoms with Gasteiger partial charge in [-0.2, -0.15) is 0 Å². The molecule has 0 saturated heterocycles. The van der Waals surface area contributed by atoms with Crippen LogP contribution in [-0.4, -0.2) is 25.4 Å². The van der Waals surface area contributed by atoms with Gasteiger partial charge in [-0.15, -0.1) is 0 Å². The van der Waals surface area contributed by atoms with Crippen molar-refractivity contribution in [1.82, 2.24) is 24.8 Å². The molecule has 0 fully saturated rings. The van der Waals surface area contributed by atoms with Gasteiger partial charge in [-0.05, 0) is 36.2 Å². The summed E-state index contributed by atoms with van der Waals surface area (Å²) in [7, 11) is 0. The van der Waals surface area contributed by atoms with Crippen molar-refractivity contribution in [2.24, 2.45) is 0 Å². The van der Waals surface area contributed by atoms with Crippen LogP contribution in [0, 0.1) is 0 Å². The van der Waals surface area contributed by atoms with Gasteiger partial charge < -0.3 is 10.6 Å². The van der Waals surface area contributed by atoms with E-state index in [0.29, 0.717) is 29.3 Å². The number of hydrogen-bond donors (Lipinski definition) is 2. The predicted molar refractivity (Wildman–Crippen MR) is 133 cm³/mol. The number of benzene rings is 3. The zero-order valence-electron chi connectivity index (χ0n) is 18.7. The number of fused-ring (bicyclic) bond motifs is 1. The molecule has 3 aromatic carbocycles. The fourth-order valence-corrected chi connectivity index (χ4v) is 3.80. The van der Waals surface area contributed by atoms with Gasteiger partial charge >= 0.3 is 0 Å². The lowest BCUT2D eigenvalue weighted by Gasteiger charge is -2.15. The second kappa shape index (κ2) is 9.54. The molecule has 0 unspecified atom stereocenters. The van der Waals surface area contributed by atoms with Gasteiger partial charge in [-0.3, -0.25) is 14.3 Å². The van der Waals surface area contributed by atoms with E-state index in [1.54, 1.807) is 30.9 Å². The molecule has 0 saturated carbocycles. The van der Waals surface area contributed by atoms with Crippen molar-refractivity contribution in [3.05, 3.63) is 114 Å². The van der Waals surface area contributed by atoms with Crippen LogP contribution in [0.1, 0.15) is 34.5 Å². The number of anilines is 1. The van der Waals surface area contributed by atoms with Crippen molar-refractivity contribution in [2.45, 2.75) is 19.5 Å². The summed E-state index contributed by atoms with van der Waals surface area (Å²) < 4.78 is 1.87. The van der Waals surface area contributed by atoms with Crippen molar-refractivity contribution in [3.63, 3.8) is 0 Å². The van der Waals surface area contributed by atoms with E-state index in [9.17, 15) is 4.79 Å². The zero-order valence-corrected chi connectivity index (χ0v) is 18.7. The number of aromatic nitrogens is 4. The van der Waals surface area contributed by atoms with Gasteiger partial charge in [-0.25, -0.2) is 9.97 Å². The molecule has 34 heavy (non-hydrogen) atoms. The largest absolute Gasteiger partial charge is 0.362 e. The minimum atomic E-state index is -0.138. The number of rotatable bonds is 7. The number of nitrogens with one attached hydrogen (secondary N) is 2. The minimum Gasteiger partial charge on any atom is -0.362 e. The molecule has 0 spiro atoms. The van der Waals surface area contributed by atoms with E-state index in [-0.39, 0.29) is 11.9 Å². The van der Waals surface area contributed by atoms with Crippen LogP contribution in [0.2, 0.25) is 0 Å². The highest BCUT2D eigenvalue weighted by atomic mass is 16.1. The summed E-state index contributed by atoms with van der Waals surface area (Å²) in [4.78, 5) is 26.2. The third-order valence-corrected chi connectivity index (χ3v) is 5.64. The first-order valence-corrected chi connectivity index (χ1v) is 11.1. The van der Waals surface area contributed by atoms with E-state index in [2.05, 4.69) is 39.7 Å². The average molecular weight is 449 g/mol. The lowest BCUT2D eigenvalue weighted by molar-refractivity contribution is 0.0951. The average Bonchev–Trinajstić information content (AvgIpc) is 3.32. The van der Waals surface area contributed by atoms with Gasteiger partial charge in [0.1, 0.15) is 12.1 Å². The Labute approximate surface area is 197 Å². The Morgan fingerprint density at radius 2 is 1.74 bits per heavy atom. The lowest BCUT2D eigenvalue weighted by Crippen LogP contribution is -2.22. The summed E-state index contributed by atoms with van der Waals surface area (Å²) in [6.45, 7) is 2.56. The van der Waals surface area contributed by atoms with Crippen LogP contribution in [0.15, 0.2) is 97.6 Å². The second-order valence-corrected chi connectivity index (χ2v) is 8.03. The maximum atomic E-state index is 12.6. The Bertz CT molecular complexity index is 1420. The van der Waals surface area contributed by atoms with Crippen LogP contribution in [-0.2, 0) is 6.54 Å². The molecule has 0 aliphatic rings. The fourth-order valence-electron chi connectivity index (χ4n) is 3.80. The number of hydrogen-bond acceptors (Lipinski definition) is 5. The van der Waals surface area contributed by atoms with Crippen LogP contribution < -0.4 is 10.6 Å². The monoisotopic (exact) mass is 448 g/mol. The highest BCUT2D eigenvalue weighted by Crippen LogP contribution is 2.21. The molecule has 0 radical (unpaired) electrons. The van der Waals surface area contributed by atoms with Crippen LogP contribution in [0.4, 0.5) is 5.82 Å². The first kappa shape index (κ1) is 21.3. The maximum absolute atomic E-state index is 12.6. The molecule has 0 aliphatic carbocycles. The number of amides is 1. The van der Waals surface area contributed by atoms with Gasteiger partial charge in [0.15, 0.2) is 5.82 Å². The summed E-state index contributed by atoms with van der Waals surface area (Å²) >= 11 is 0. The standard InChI is InChI=1S/C27H24N6O/c1-19(21-10-6-3-7-11-21)31-25-16-28-17-26(32-25)33-18-30-23-14-22(12-13-24(23)33)27(34)29-15-20-8-4-2-5-9-20/h2-14,16-19H,15H2,1H3,(H,29,34)(H,31,32)/t19-/m0/s1. The van der Waals surface area contributed by atoms with Crippen LogP contribution in [0.3, 0.4) is 0 Å². The molecule has 5 rings (SSSR count). The molecule has 7 heteroatoms.